The van der Waals surface area contributed by atoms with Crippen LogP contribution in [-0.4, -0.2) is 20.0 Å². The van der Waals surface area contributed by atoms with Gasteiger partial charge in [0.25, 0.3) is 0 Å². The van der Waals surface area contributed by atoms with Gasteiger partial charge in [-0.05, 0) is 19.9 Å². The molecule has 0 saturated carbocycles. The van der Waals surface area contributed by atoms with Crippen molar-refractivity contribution in [1.29, 1.82) is 0 Å². The van der Waals surface area contributed by atoms with Crippen LogP contribution in [0.15, 0.2) is 6.07 Å². The van der Waals surface area contributed by atoms with Gasteiger partial charge in [0.2, 0.25) is 10.1 Å². The Labute approximate surface area is 92.7 Å². The quantitative estimate of drug-likeness (QED) is 0.778. The highest BCUT2D eigenvalue weighted by Gasteiger charge is 2.36. The van der Waals surface area contributed by atoms with Gasteiger partial charge in [-0.2, -0.15) is 18.3 Å². The van der Waals surface area contributed by atoms with Gasteiger partial charge in [0, 0.05) is 5.69 Å². The van der Waals surface area contributed by atoms with Crippen LogP contribution in [0.2, 0.25) is 0 Å². The molecular formula is C8H7F3N4S. The van der Waals surface area contributed by atoms with Crippen molar-refractivity contribution in [1.82, 2.24) is 20.0 Å². The van der Waals surface area contributed by atoms with E-state index in [0.717, 1.165) is 11.4 Å². The maximum atomic E-state index is 12.3. The summed E-state index contributed by atoms with van der Waals surface area (Å²) in [6.07, 6.45) is -4.45. The zero-order valence-electron chi connectivity index (χ0n) is 8.41. The van der Waals surface area contributed by atoms with Crippen LogP contribution in [0.4, 0.5) is 13.2 Å². The van der Waals surface area contributed by atoms with Crippen LogP contribution in [0.3, 0.4) is 0 Å². The minimum absolute atomic E-state index is 0.123. The zero-order chi connectivity index (χ0) is 11.9. The molecule has 0 saturated heterocycles. The fraction of sp³-hybridized carbons (Fsp3) is 0.375. The standard InChI is InChI=1S/C8H7F3N4S/c1-4-3-5(2)15(14-4)7-13-12-6(16-7)8(9,10)11/h3H,1-2H3. The van der Waals surface area contributed by atoms with Gasteiger partial charge in [-0.3, -0.25) is 0 Å². The van der Waals surface area contributed by atoms with Gasteiger partial charge in [-0.15, -0.1) is 10.2 Å². The number of rotatable bonds is 1. The maximum Gasteiger partial charge on any atom is 0.445 e. The summed E-state index contributed by atoms with van der Waals surface area (Å²) in [5, 5.41) is 9.77. The summed E-state index contributed by atoms with van der Waals surface area (Å²) >= 11 is 0.474. The molecule has 0 N–H and O–H groups in total. The molecule has 0 fully saturated rings. The first-order valence-electron chi connectivity index (χ1n) is 4.32. The molecule has 4 nitrogen and oxygen atoms in total. The lowest BCUT2D eigenvalue weighted by Crippen LogP contribution is -2.03. The Morgan fingerprint density at radius 1 is 1.25 bits per heavy atom. The van der Waals surface area contributed by atoms with Crippen LogP contribution < -0.4 is 0 Å². The van der Waals surface area contributed by atoms with Gasteiger partial charge in [0.15, 0.2) is 0 Å². The van der Waals surface area contributed by atoms with E-state index in [-0.39, 0.29) is 5.13 Å². The average Bonchev–Trinajstić information content (AvgIpc) is 2.70. The molecule has 8 heteroatoms. The lowest BCUT2D eigenvalue weighted by atomic mass is 10.4. The van der Waals surface area contributed by atoms with E-state index in [1.54, 1.807) is 19.9 Å². The van der Waals surface area contributed by atoms with Gasteiger partial charge in [-0.25, -0.2) is 4.68 Å². The summed E-state index contributed by atoms with van der Waals surface area (Å²) < 4.78 is 38.3. The van der Waals surface area contributed by atoms with E-state index in [2.05, 4.69) is 15.3 Å². The topological polar surface area (TPSA) is 43.6 Å². The third-order valence-electron chi connectivity index (χ3n) is 1.85. The lowest BCUT2D eigenvalue weighted by Gasteiger charge is -1.98. The Hall–Kier alpha value is -1.44. The van der Waals surface area contributed by atoms with Crippen LogP contribution in [-0.2, 0) is 6.18 Å². The molecule has 0 bridgehead atoms. The second-order valence-electron chi connectivity index (χ2n) is 3.23. The zero-order valence-corrected chi connectivity index (χ0v) is 9.22. The fourth-order valence-corrected chi connectivity index (χ4v) is 1.96. The van der Waals surface area contributed by atoms with Gasteiger partial charge in [-0.1, -0.05) is 11.3 Å². The molecule has 0 atom stereocenters. The van der Waals surface area contributed by atoms with Crippen molar-refractivity contribution in [2.24, 2.45) is 0 Å². The number of nitrogens with zero attached hydrogens (tertiary/aromatic N) is 4. The third-order valence-corrected chi connectivity index (χ3v) is 2.79. The highest BCUT2D eigenvalue weighted by Crippen LogP contribution is 2.32. The van der Waals surface area contributed by atoms with E-state index >= 15 is 0 Å². The number of halogens is 3. The number of aromatic nitrogens is 4. The first-order valence-corrected chi connectivity index (χ1v) is 5.14. The summed E-state index contributed by atoms with van der Waals surface area (Å²) in [4.78, 5) is 0. The monoisotopic (exact) mass is 248 g/mol. The van der Waals surface area contributed by atoms with E-state index in [9.17, 15) is 13.2 Å². The van der Waals surface area contributed by atoms with Crippen molar-refractivity contribution >= 4 is 11.3 Å². The predicted molar refractivity (Wildman–Crippen MR) is 51.5 cm³/mol. The predicted octanol–water partition coefficient (Wildman–Crippen LogP) is 2.36. The molecule has 0 radical (unpaired) electrons. The van der Waals surface area contributed by atoms with Crippen LogP contribution in [0, 0.1) is 13.8 Å². The number of aryl methyl sites for hydroxylation is 2. The van der Waals surface area contributed by atoms with Gasteiger partial charge in [0.1, 0.15) is 0 Å². The van der Waals surface area contributed by atoms with Crippen molar-refractivity contribution < 1.29 is 13.2 Å². The number of hydrogen-bond donors (Lipinski definition) is 0. The molecule has 86 valence electrons. The SMILES string of the molecule is Cc1cc(C)n(-c2nnc(C(F)(F)F)s2)n1. The van der Waals surface area contributed by atoms with Gasteiger partial charge >= 0.3 is 6.18 Å². The average molecular weight is 248 g/mol. The minimum Gasteiger partial charge on any atom is -0.209 e. The molecule has 2 aromatic rings. The molecule has 2 heterocycles. The molecule has 0 aliphatic heterocycles. The Kier molecular flexibility index (Phi) is 2.45. The van der Waals surface area contributed by atoms with E-state index in [1.807, 2.05) is 0 Å². The van der Waals surface area contributed by atoms with E-state index < -0.39 is 11.2 Å². The Bertz CT molecular complexity index is 514. The van der Waals surface area contributed by atoms with Crippen LogP contribution >= 0.6 is 11.3 Å². The molecule has 0 unspecified atom stereocenters. The smallest absolute Gasteiger partial charge is 0.209 e. The Balaban J connectivity index is 2.43. The highest BCUT2D eigenvalue weighted by atomic mass is 32.1. The van der Waals surface area contributed by atoms with E-state index in [0.29, 0.717) is 11.3 Å². The van der Waals surface area contributed by atoms with Gasteiger partial charge in [0.05, 0.1) is 5.69 Å². The molecular weight excluding hydrogens is 241 g/mol. The normalized spacial score (nSPS) is 12.1. The molecule has 2 rings (SSSR count). The van der Waals surface area contributed by atoms with Crippen molar-refractivity contribution in [3.63, 3.8) is 0 Å². The summed E-state index contributed by atoms with van der Waals surface area (Å²) in [5.74, 6) is 0. The maximum absolute atomic E-state index is 12.3. The number of hydrogen-bond acceptors (Lipinski definition) is 4. The Morgan fingerprint density at radius 2 is 1.94 bits per heavy atom. The molecule has 0 aliphatic carbocycles. The fourth-order valence-electron chi connectivity index (χ4n) is 1.24. The van der Waals surface area contributed by atoms with Crippen molar-refractivity contribution in [2.45, 2.75) is 20.0 Å². The molecule has 0 aromatic carbocycles. The minimum atomic E-state index is -4.45. The molecule has 16 heavy (non-hydrogen) atoms. The first-order chi connectivity index (χ1) is 7.38. The van der Waals surface area contributed by atoms with Crippen molar-refractivity contribution in [3.8, 4) is 5.13 Å². The second-order valence-corrected chi connectivity index (χ2v) is 4.18. The highest BCUT2D eigenvalue weighted by molar-refractivity contribution is 7.13. The summed E-state index contributed by atoms with van der Waals surface area (Å²) in [6.45, 7) is 3.50. The van der Waals surface area contributed by atoms with Crippen LogP contribution in [0.25, 0.3) is 5.13 Å². The molecule has 0 amide bonds. The van der Waals surface area contributed by atoms with Crippen molar-refractivity contribution in [3.05, 3.63) is 22.5 Å². The summed E-state index contributed by atoms with van der Waals surface area (Å²) in [7, 11) is 0. The van der Waals surface area contributed by atoms with Crippen LogP contribution in [0.5, 0.6) is 0 Å². The van der Waals surface area contributed by atoms with Crippen LogP contribution in [0.1, 0.15) is 16.4 Å². The second kappa shape index (κ2) is 3.55. The molecule has 0 spiro atoms. The molecule has 0 aliphatic rings. The van der Waals surface area contributed by atoms with E-state index in [1.165, 1.54) is 4.68 Å². The van der Waals surface area contributed by atoms with E-state index in [4.69, 9.17) is 0 Å². The summed E-state index contributed by atoms with van der Waals surface area (Å²) in [5.41, 5.74) is 1.45. The summed E-state index contributed by atoms with van der Waals surface area (Å²) in [6, 6.07) is 1.76. The lowest BCUT2D eigenvalue weighted by molar-refractivity contribution is -0.138. The third kappa shape index (κ3) is 1.92. The number of alkyl halides is 3. The largest absolute Gasteiger partial charge is 0.445 e. The molecule has 2 aromatic heterocycles. The Morgan fingerprint density at radius 3 is 2.38 bits per heavy atom. The van der Waals surface area contributed by atoms with Gasteiger partial charge < -0.3 is 0 Å². The van der Waals surface area contributed by atoms with Crippen molar-refractivity contribution in [2.75, 3.05) is 0 Å². The first kappa shape index (κ1) is 11.1.